The first-order valence-corrected chi connectivity index (χ1v) is 11.0. The van der Waals surface area contributed by atoms with Crippen LogP contribution in [0.15, 0.2) is 52.9 Å². The Bertz CT molecular complexity index is 1130. The van der Waals surface area contributed by atoms with Gasteiger partial charge in [-0.05, 0) is 49.9 Å². The van der Waals surface area contributed by atoms with Crippen LogP contribution < -0.4 is 5.32 Å². The van der Waals surface area contributed by atoms with E-state index >= 15 is 0 Å². The van der Waals surface area contributed by atoms with Crippen LogP contribution in [-0.4, -0.2) is 29.5 Å². The second-order valence-corrected chi connectivity index (χ2v) is 8.51. The standard InChI is InChI=1S/C25H24F2N4O/c26-17-8-9-18(21(27)12-17)23(31-10-4-5-11-31)15-29-25-22(14-28)30-24(32-25)20-13-19(20)16-6-2-1-3-7-16/h1-3,6-9,12,19-20,23,29H,4-5,10-11,13,15H2/t19-,20+,23-/m0/s1. The first-order chi connectivity index (χ1) is 15.6. The van der Waals surface area contributed by atoms with Crippen LogP contribution in [0.1, 0.15) is 59.9 Å². The van der Waals surface area contributed by atoms with Crippen molar-refractivity contribution in [2.75, 3.05) is 25.0 Å². The molecule has 5 rings (SSSR count). The number of nitrogens with one attached hydrogen (secondary N) is 1. The van der Waals surface area contributed by atoms with Gasteiger partial charge in [0.25, 0.3) is 0 Å². The Morgan fingerprint density at radius 1 is 1.12 bits per heavy atom. The van der Waals surface area contributed by atoms with Gasteiger partial charge in [0.2, 0.25) is 17.5 Å². The van der Waals surface area contributed by atoms with Crippen LogP contribution in [-0.2, 0) is 0 Å². The molecule has 0 unspecified atom stereocenters. The molecule has 5 nitrogen and oxygen atoms in total. The third kappa shape index (κ3) is 4.11. The lowest BCUT2D eigenvalue weighted by molar-refractivity contribution is 0.249. The van der Waals surface area contributed by atoms with E-state index in [1.807, 2.05) is 18.2 Å². The van der Waals surface area contributed by atoms with Gasteiger partial charge in [0.15, 0.2) is 0 Å². The van der Waals surface area contributed by atoms with Gasteiger partial charge in [-0.3, -0.25) is 4.90 Å². The molecular formula is C25H24F2N4O. The molecule has 1 saturated heterocycles. The predicted octanol–water partition coefficient (Wildman–Crippen LogP) is 5.34. The summed E-state index contributed by atoms with van der Waals surface area (Å²) in [4.78, 5) is 6.60. The van der Waals surface area contributed by atoms with E-state index in [0.717, 1.165) is 38.4 Å². The number of hydrogen-bond donors (Lipinski definition) is 1. The van der Waals surface area contributed by atoms with Gasteiger partial charge in [-0.15, -0.1) is 0 Å². The van der Waals surface area contributed by atoms with Crippen molar-refractivity contribution in [3.8, 4) is 6.07 Å². The molecule has 0 bridgehead atoms. The molecule has 2 heterocycles. The van der Waals surface area contributed by atoms with Crippen molar-refractivity contribution < 1.29 is 13.2 Å². The highest BCUT2D eigenvalue weighted by atomic mass is 19.1. The molecule has 32 heavy (non-hydrogen) atoms. The summed E-state index contributed by atoms with van der Waals surface area (Å²) in [5.74, 6) is 0.218. The van der Waals surface area contributed by atoms with Crippen LogP contribution in [0.3, 0.4) is 0 Å². The van der Waals surface area contributed by atoms with E-state index in [4.69, 9.17) is 4.42 Å². The maximum absolute atomic E-state index is 14.6. The second kappa shape index (κ2) is 8.71. The Morgan fingerprint density at radius 3 is 2.62 bits per heavy atom. The zero-order valence-corrected chi connectivity index (χ0v) is 17.6. The fraction of sp³-hybridized carbons (Fsp3) is 0.360. The van der Waals surface area contributed by atoms with Crippen molar-refractivity contribution in [3.05, 3.63) is 82.9 Å². The van der Waals surface area contributed by atoms with E-state index in [9.17, 15) is 14.0 Å². The van der Waals surface area contributed by atoms with Crippen molar-refractivity contribution in [1.82, 2.24) is 9.88 Å². The molecule has 1 saturated carbocycles. The highest BCUT2D eigenvalue weighted by molar-refractivity contribution is 5.47. The number of anilines is 1. The van der Waals surface area contributed by atoms with Crippen molar-refractivity contribution in [2.45, 2.75) is 37.1 Å². The summed E-state index contributed by atoms with van der Waals surface area (Å²) in [6.07, 6.45) is 3.02. The van der Waals surface area contributed by atoms with Crippen LogP contribution in [0.25, 0.3) is 0 Å². The van der Waals surface area contributed by atoms with Crippen LogP contribution in [0.4, 0.5) is 14.7 Å². The van der Waals surface area contributed by atoms with Gasteiger partial charge in [0.05, 0.1) is 6.04 Å². The summed E-state index contributed by atoms with van der Waals surface area (Å²) in [5.41, 5.74) is 1.88. The van der Waals surface area contributed by atoms with Gasteiger partial charge < -0.3 is 9.73 Å². The average molecular weight is 434 g/mol. The van der Waals surface area contributed by atoms with Crippen molar-refractivity contribution in [1.29, 1.82) is 5.26 Å². The van der Waals surface area contributed by atoms with E-state index in [1.54, 1.807) is 0 Å². The molecule has 1 aromatic heterocycles. The summed E-state index contributed by atoms with van der Waals surface area (Å²) in [6, 6.07) is 15.7. The summed E-state index contributed by atoms with van der Waals surface area (Å²) >= 11 is 0. The van der Waals surface area contributed by atoms with Gasteiger partial charge in [-0.25, -0.2) is 13.8 Å². The summed E-state index contributed by atoms with van der Waals surface area (Å²) in [7, 11) is 0. The van der Waals surface area contributed by atoms with Crippen molar-refractivity contribution in [3.63, 3.8) is 0 Å². The number of nitrogens with zero attached hydrogens (tertiary/aromatic N) is 3. The molecule has 0 amide bonds. The van der Waals surface area contributed by atoms with E-state index < -0.39 is 11.6 Å². The van der Waals surface area contributed by atoms with Crippen LogP contribution in [0.5, 0.6) is 0 Å². The minimum absolute atomic E-state index is 0.156. The maximum Gasteiger partial charge on any atom is 0.232 e. The van der Waals surface area contributed by atoms with Crippen molar-refractivity contribution >= 4 is 5.88 Å². The highest BCUT2D eigenvalue weighted by Crippen LogP contribution is 2.54. The summed E-state index contributed by atoms with van der Waals surface area (Å²) in [5, 5.41) is 12.7. The fourth-order valence-corrected chi connectivity index (χ4v) is 4.68. The first-order valence-electron chi connectivity index (χ1n) is 11.0. The molecule has 1 aliphatic carbocycles. The number of nitriles is 1. The first kappa shape index (κ1) is 20.7. The molecule has 1 N–H and O–H groups in total. The average Bonchev–Trinajstić information content (AvgIpc) is 3.22. The Morgan fingerprint density at radius 2 is 1.91 bits per heavy atom. The number of hydrogen-bond acceptors (Lipinski definition) is 5. The SMILES string of the molecule is N#Cc1nc([C@@H]2C[C@H]2c2ccccc2)oc1NC[C@@H](c1ccc(F)cc1F)N1CCCC1. The van der Waals surface area contributed by atoms with Crippen molar-refractivity contribution in [2.24, 2.45) is 0 Å². The summed E-state index contributed by atoms with van der Waals surface area (Å²) in [6.45, 7) is 2.02. The van der Waals surface area contributed by atoms with Gasteiger partial charge in [0, 0.05) is 24.1 Å². The lowest BCUT2D eigenvalue weighted by Crippen LogP contribution is -2.31. The highest BCUT2D eigenvalue weighted by Gasteiger charge is 2.43. The largest absolute Gasteiger partial charge is 0.424 e. The zero-order valence-electron chi connectivity index (χ0n) is 17.6. The van der Waals surface area contributed by atoms with Crippen LogP contribution in [0, 0.1) is 23.0 Å². The zero-order chi connectivity index (χ0) is 22.1. The number of halogens is 2. The Hall–Kier alpha value is -3.24. The lowest BCUT2D eigenvalue weighted by atomic mass is 10.0. The van der Waals surface area contributed by atoms with Crippen LogP contribution >= 0.6 is 0 Å². The quantitative estimate of drug-likeness (QED) is 0.543. The Balaban J connectivity index is 1.34. The second-order valence-electron chi connectivity index (χ2n) is 8.51. The van der Waals surface area contributed by atoms with Gasteiger partial charge >= 0.3 is 0 Å². The smallest absolute Gasteiger partial charge is 0.232 e. The Labute approximate surface area is 185 Å². The number of oxazole rings is 1. The van der Waals surface area contributed by atoms with Gasteiger partial charge in [0.1, 0.15) is 17.7 Å². The topological polar surface area (TPSA) is 65.1 Å². The third-order valence-electron chi connectivity index (χ3n) is 6.44. The van der Waals surface area contributed by atoms with Gasteiger partial charge in [-0.1, -0.05) is 36.4 Å². The Kier molecular flexibility index (Phi) is 5.62. The van der Waals surface area contributed by atoms with E-state index in [-0.39, 0.29) is 17.7 Å². The number of aromatic nitrogens is 1. The predicted molar refractivity (Wildman–Crippen MR) is 116 cm³/mol. The molecule has 3 aromatic rings. The summed E-state index contributed by atoms with van der Waals surface area (Å²) < 4.78 is 34.0. The molecule has 164 valence electrons. The molecule has 2 fully saturated rings. The maximum atomic E-state index is 14.6. The fourth-order valence-electron chi connectivity index (χ4n) is 4.68. The minimum Gasteiger partial charge on any atom is -0.424 e. The number of benzene rings is 2. The van der Waals surface area contributed by atoms with E-state index in [1.165, 1.54) is 17.7 Å². The third-order valence-corrected chi connectivity index (χ3v) is 6.44. The molecule has 0 radical (unpaired) electrons. The molecule has 0 spiro atoms. The molecule has 1 aliphatic heterocycles. The molecule has 7 heteroatoms. The molecule has 2 aromatic carbocycles. The van der Waals surface area contributed by atoms with Crippen LogP contribution in [0.2, 0.25) is 0 Å². The molecule has 3 atom stereocenters. The normalized spacial score (nSPS) is 21.3. The monoisotopic (exact) mass is 434 g/mol. The minimum atomic E-state index is -0.594. The van der Waals surface area contributed by atoms with Gasteiger partial charge in [-0.2, -0.15) is 5.26 Å². The number of rotatable bonds is 7. The van der Waals surface area contributed by atoms with E-state index in [0.29, 0.717) is 29.8 Å². The lowest BCUT2D eigenvalue weighted by Gasteiger charge is -2.28. The molecule has 2 aliphatic rings. The van der Waals surface area contributed by atoms with E-state index in [2.05, 4.69) is 33.4 Å². The molecular weight excluding hydrogens is 410 g/mol. The number of likely N-dealkylation sites (tertiary alicyclic amines) is 1.